The Balaban J connectivity index is 0.975. The standard InChI is InChI=1S/C49H34N2O/c52-49-46(36-23-28-44(29-24-36)51(41-17-9-3-10-18-41)42-19-11-4-12-20-42)31-32-47-45-30-25-37(33-38(45)34-48(47)49)35-21-26-43(27-22-35)50(39-13-5-1-6-14-39)40-15-7-2-8-16-40/h1-34H. The van der Waals surface area contributed by atoms with Crippen LogP contribution in [0.2, 0.25) is 0 Å². The molecule has 0 amide bonds. The molecule has 2 aliphatic rings. The highest BCUT2D eigenvalue weighted by Gasteiger charge is 2.29. The van der Waals surface area contributed by atoms with Crippen LogP contribution < -0.4 is 9.80 Å². The molecule has 0 saturated heterocycles. The van der Waals surface area contributed by atoms with Crippen molar-refractivity contribution in [3.63, 3.8) is 0 Å². The van der Waals surface area contributed by atoms with Crippen molar-refractivity contribution in [2.45, 2.75) is 0 Å². The van der Waals surface area contributed by atoms with E-state index in [1.165, 1.54) is 0 Å². The Kier molecular flexibility index (Phi) is 7.99. The van der Waals surface area contributed by atoms with Crippen molar-refractivity contribution >= 4 is 57.1 Å². The average molecular weight is 667 g/mol. The lowest BCUT2D eigenvalue weighted by atomic mass is 9.87. The number of rotatable bonds is 8. The smallest absolute Gasteiger partial charge is 0.194 e. The molecule has 0 atom stereocenters. The Hall–Kier alpha value is -6.97. The molecule has 52 heavy (non-hydrogen) atoms. The van der Waals surface area contributed by atoms with Crippen LogP contribution in [0.15, 0.2) is 206 Å². The average Bonchev–Trinajstić information content (AvgIpc) is 3.60. The molecule has 3 heteroatoms. The molecule has 0 fully saturated rings. The van der Waals surface area contributed by atoms with Crippen LogP contribution in [0, 0.1) is 0 Å². The van der Waals surface area contributed by atoms with Gasteiger partial charge in [0.25, 0.3) is 0 Å². The summed E-state index contributed by atoms with van der Waals surface area (Å²) in [6.07, 6.45) is 6.13. The van der Waals surface area contributed by atoms with Gasteiger partial charge >= 0.3 is 0 Å². The number of carbonyl (C=O) groups is 1. The van der Waals surface area contributed by atoms with E-state index in [0.717, 1.165) is 73.1 Å². The molecule has 0 saturated carbocycles. The lowest BCUT2D eigenvalue weighted by Gasteiger charge is -2.25. The zero-order valence-corrected chi connectivity index (χ0v) is 28.4. The van der Waals surface area contributed by atoms with Crippen LogP contribution in [0.5, 0.6) is 0 Å². The number of carbonyl (C=O) groups excluding carboxylic acids is 1. The summed E-state index contributed by atoms with van der Waals surface area (Å²) in [4.78, 5) is 18.5. The Morgan fingerprint density at radius 3 is 1.17 bits per heavy atom. The number of nitrogens with zero attached hydrogens (tertiary/aromatic N) is 2. The van der Waals surface area contributed by atoms with E-state index in [4.69, 9.17) is 0 Å². The van der Waals surface area contributed by atoms with Gasteiger partial charge in [0.2, 0.25) is 0 Å². The highest BCUT2D eigenvalue weighted by atomic mass is 16.1. The van der Waals surface area contributed by atoms with Gasteiger partial charge in [-0.05, 0) is 124 Å². The van der Waals surface area contributed by atoms with Crippen molar-refractivity contribution in [1.29, 1.82) is 0 Å². The highest BCUT2D eigenvalue weighted by Crippen LogP contribution is 2.44. The first-order valence-corrected chi connectivity index (χ1v) is 17.6. The van der Waals surface area contributed by atoms with Gasteiger partial charge in [0.1, 0.15) is 0 Å². The van der Waals surface area contributed by atoms with Gasteiger partial charge in [-0.2, -0.15) is 0 Å². The molecule has 0 heterocycles. The van der Waals surface area contributed by atoms with Gasteiger partial charge in [-0.15, -0.1) is 0 Å². The summed E-state index contributed by atoms with van der Waals surface area (Å²) in [6, 6.07) is 65.1. The van der Waals surface area contributed by atoms with Crippen LogP contribution in [-0.4, -0.2) is 5.78 Å². The molecule has 0 radical (unpaired) electrons. The third-order valence-electron chi connectivity index (χ3n) is 9.79. The third kappa shape index (κ3) is 5.74. The number of ketones is 1. The van der Waals surface area contributed by atoms with Crippen LogP contribution in [0.1, 0.15) is 16.7 Å². The maximum atomic E-state index is 14.0. The summed E-state index contributed by atoms with van der Waals surface area (Å²) in [5, 5.41) is 0. The molecule has 7 aromatic rings. The lowest BCUT2D eigenvalue weighted by Crippen LogP contribution is -2.11. The van der Waals surface area contributed by atoms with E-state index in [9.17, 15) is 4.79 Å². The minimum absolute atomic E-state index is 0.0530. The molecule has 3 nitrogen and oxygen atoms in total. The number of hydrogen-bond acceptors (Lipinski definition) is 3. The molecular formula is C49H34N2O. The molecule has 0 aromatic heterocycles. The van der Waals surface area contributed by atoms with Crippen molar-refractivity contribution in [3.8, 4) is 11.1 Å². The summed E-state index contributed by atoms with van der Waals surface area (Å²) < 4.78 is 0. The number of benzene rings is 7. The van der Waals surface area contributed by atoms with Gasteiger partial charge in [-0.3, -0.25) is 4.79 Å². The summed E-state index contributed by atoms with van der Waals surface area (Å²) >= 11 is 0. The lowest BCUT2D eigenvalue weighted by molar-refractivity contribution is -0.110. The first kappa shape index (κ1) is 31.0. The minimum atomic E-state index is 0.0530. The normalized spacial score (nSPS) is 13.0. The number of anilines is 6. The first-order valence-electron chi connectivity index (χ1n) is 17.6. The maximum Gasteiger partial charge on any atom is 0.194 e. The largest absolute Gasteiger partial charge is 0.311 e. The molecule has 2 aliphatic carbocycles. The van der Waals surface area contributed by atoms with Crippen LogP contribution in [0.25, 0.3) is 28.3 Å². The van der Waals surface area contributed by atoms with E-state index >= 15 is 0 Å². The Morgan fingerprint density at radius 2 is 0.712 bits per heavy atom. The Labute approximate surface area is 304 Å². The zero-order valence-electron chi connectivity index (χ0n) is 28.4. The van der Waals surface area contributed by atoms with Crippen molar-refractivity contribution in [1.82, 2.24) is 0 Å². The SMILES string of the molecule is O=C1C2=Cc3cc(-c4ccc(N(c5ccccc5)c5ccccc5)cc4)ccc3C2=CC=C1c1ccc(N(c2ccccc2)c2ccccc2)cc1. The van der Waals surface area contributed by atoms with E-state index in [1.54, 1.807) is 0 Å². The molecule has 0 spiro atoms. The van der Waals surface area contributed by atoms with E-state index in [1.807, 2.05) is 54.6 Å². The van der Waals surface area contributed by atoms with Crippen LogP contribution in [0.3, 0.4) is 0 Å². The van der Waals surface area contributed by atoms with Crippen LogP contribution in [0.4, 0.5) is 34.1 Å². The number of allylic oxidation sites excluding steroid dienone is 5. The molecule has 0 unspecified atom stereocenters. The molecule has 0 aliphatic heterocycles. The predicted octanol–water partition coefficient (Wildman–Crippen LogP) is 12.7. The number of hydrogen-bond donors (Lipinski definition) is 0. The number of Topliss-reactive ketones (excluding diaryl/α,β-unsaturated/α-hetero) is 1. The number of para-hydroxylation sites is 4. The topological polar surface area (TPSA) is 23.6 Å². The van der Waals surface area contributed by atoms with Gasteiger partial charge < -0.3 is 9.80 Å². The van der Waals surface area contributed by atoms with Gasteiger partial charge in [-0.25, -0.2) is 0 Å². The Morgan fingerprint density at radius 1 is 0.327 bits per heavy atom. The van der Waals surface area contributed by atoms with Crippen molar-refractivity contribution in [2.24, 2.45) is 0 Å². The maximum absolute atomic E-state index is 14.0. The van der Waals surface area contributed by atoms with Crippen molar-refractivity contribution in [2.75, 3.05) is 9.80 Å². The van der Waals surface area contributed by atoms with Crippen molar-refractivity contribution in [3.05, 3.63) is 222 Å². The van der Waals surface area contributed by atoms with Gasteiger partial charge in [-0.1, -0.05) is 115 Å². The van der Waals surface area contributed by atoms with E-state index < -0.39 is 0 Å². The second kappa shape index (κ2) is 13.4. The van der Waals surface area contributed by atoms with Gasteiger partial charge in [0.15, 0.2) is 5.78 Å². The fourth-order valence-electron chi connectivity index (χ4n) is 7.26. The second-order valence-corrected chi connectivity index (χ2v) is 13.0. The van der Waals surface area contributed by atoms with Crippen LogP contribution in [-0.2, 0) is 4.79 Å². The molecule has 0 N–H and O–H groups in total. The molecule has 9 rings (SSSR count). The van der Waals surface area contributed by atoms with E-state index in [0.29, 0.717) is 5.57 Å². The third-order valence-corrected chi connectivity index (χ3v) is 9.79. The highest BCUT2D eigenvalue weighted by molar-refractivity contribution is 6.38. The number of fused-ring (bicyclic) bond motifs is 3. The zero-order chi connectivity index (χ0) is 34.9. The fourth-order valence-corrected chi connectivity index (χ4v) is 7.26. The quantitative estimate of drug-likeness (QED) is 0.161. The summed E-state index contributed by atoms with van der Waals surface area (Å²) in [7, 11) is 0. The monoisotopic (exact) mass is 666 g/mol. The molecule has 0 bridgehead atoms. The fraction of sp³-hybridized carbons (Fsp3) is 0. The predicted molar refractivity (Wildman–Crippen MR) is 217 cm³/mol. The minimum Gasteiger partial charge on any atom is -0.311 e. The van der Waals surface area contributed by atoms with Crippen LogP contribution >= 0.6 is 0 Å². The van der Waals surface area contributed by atoms with E-state index in [-0.39, 0.29) is 5.78 Å². The van der Waals surface area contributed by atoms with E-state index in [2.05, 4.69) is 161 Å². The Bertz CT molecular complexity index is 2400. The summed E-state index contributed by atoms with van der Waals surface area (Å²) in [6.45, 7) is 0. The summed E-state index contributed by atoms with van der Waals surface area (Å²) in [5.41, 5.74) is 14.2. The van der Waals surface area contributed by atoms with Gasteiger partial charge in [0.05, 0.1) is 0 Å². The summed E-state index contributed by atoms with van der Waals surface area (Å²) in [5.74, 6) is 0.0530. The van der Waals surface area contributed by atoms with Gasteiger partial charge in [0, 0.05) is 45.3 Å². The molecular weight excluding hydrogens is 633 g/mol. The second-order valence-electron chi connectivity index (χ2n) is 13.0. The molecule has 246 valence electrons. The first-order chi connectivity index (χ1) is 25.7. The van der Waals surface area contributed by atoms with Crippen molar-refractivity contribution < 1.29 is 4.79 Å². The molecule has 7 aromatic carbocycles.